The lowest BCUT2D eigenvalue weighted by molar-refractivity contribution is 0.0955. The van der Waals surface area contributed by atoms with E-state index in [4.69, 9.17) is 4.74 Å². The van der Waals surface area contributed by atoms with Gasteiger partial charge in [0.2, 0.25) is 0 Å². The largest absolute Gasteiger partial charge is 0.487 e. The number of carbonyl (C=O) groups is 1. The van der Waals surface area contributed by atoms with Crippen LogP contribution in [0, 0.1) is 5.82 Å². The Morgan fingerprint density at radius 2 is 1.88 bits per heavy atom. The number of nitrogens with one attached hydrogen (secondary N) is 1. The molecule has 0 saturated carbocycles. The summed E-state index contributed by atoms with van der Waals surface area (Å²) in [5, 5.41) is 3.90. The lowest BCUT2D eigenvalue weighted by Gasteiger charge is -2.09. The third-order valence-electron chi connectivity index (χ3n) is 2.85. The zero-order valence-electron chi connectivity index (χ0n) is 12.4. The smallest absolute Gasteiger partial charge is 0.271 e. The van der Waals surface area contributed by atoms with E-state index in [0.29, 0.717) is 17.9 Å². The minimum Gasteiger partial charge on any atom is -0.487 e. The molecule has 2 rings (SSSR count). The van der Waals surface area contributed by atoms with Crippen molar-refractivity contribution in [3.63, 3.8) is 0 Å². The van der Waals surface area contributed by atoms with Crippen LogP contribution >= 0.6 is 31.9 Å². The van der Waals surface area contributed by atoms with E-state index in [1.54, 1.807) is 18.2 Å². The molecule has 7 heteroatoms. The van der Waals surface area contributed by atoms with Gasteiger partial charge in [0.1, 0.15) is 18.2 Å². The number of hydrogen-bond acceptors (Lipinski definition) is 3. The fourth-order valence-corrected chi connectivity index (χ4v) is 3.22. The summed E-state index contributed by atoms with van der Waals surface area (Å²) in [6.45, 7) is 3.99. The van der Waals surface area contributed by atoms with E-state index in [0.717, 1.165) is 14.5 Å². The number of ether oxygens (including phenoxy) is 1. The van der Waals surface area contributed by atoms with Gasteiger partial charge in [-0.3, -0.25) is 4.79 Å². The van der Waals surface area contributed by atoms with Gasteiger partial charge in [-0.05, 0) is 73.8 Å². The molecule has 4 nitrogen and oxygen atoms in total. The van der Waals surface area contributed by atoms with Crippen molar-refractivity contribution in [2.75, 3.05) is 6.61 Å². The number of benzene rings is 2. The summed E-state index contributed by atoms with van der Waals surface area (Å²) in [4.78, 5) is 11.9. The van der Waals surface area contributed by atoms with Crippen LogP contribution in [0.3, 0.4) is 0 Å². The SMILES string of the molecule is C=CCOc1c(Br)cc(/C=N\NC(=O)c2ccc(F)cc2)cc1Br. The molecule has 0 bridgehead atoms. The molecule has 0 aliphatic heterocycles. The topological polar surface area (TPSA) is 50.7 Å². The van der Waals surface area contributed by atoms with Gasteiger partial charge in [-0.15, -0.1) is 0 Å². The molecule has 24 heavy (non-hydrogen) atoms. The number of carbonyl (C=O) groups excluding carboxylic acids is 1. The predicted octanol–water partition coefficient (Wildman–Crippen LogP) is 4.68. The van der Waals surface area contributed by atoms with Crippen molar-refractivity contribution in [2.24, 2.45) is 5.10 Å². The molecule has 0 saturated heterocycles. The molecular formula is C17H13Br2FN2O2. The Morgan fingerprint density at radius 1 is 1.25 bits per heavy atom. The van der Waals surface area contributed by atoms with Crippen LogP contribution in [0.4, 0.5) is 4.39 Å². The average molecular weight is 456 g/mol. The predicted molar refractivity (Wildman–Crippen MR) is 99.0 cm³/mol. The Labute approximate surface area is 155 Å². The van der Waals surface area contributed by atoms with Gasteiger partial charge in [-0.2, -0.15) is 5.10 Å². The van der Waals surface area contributed by atoms with Crippen molar-refractivity contribution in [2.45, 2.75) is 0 Å². The highest BCUT2D eigenvalue weighted by Gasteiger charge is 2.08. The van der Waals surface area contributed by atoms with Gasteiger partial charge >= 0.3 is 0 Å². The summed E-state index contributed by atoms with van der Waals surface area (Å²) >= 11 is 6.84. The summed E-state index contributed by atoms with van der Waals surface area (Å²) in [6, 6.07) is 8.81. The Bertz CT molecular complexity index is 754. The first-order chi connectivity index (χ1) is 11.5. The number of amides is 1. The fraction of sp³-hybridized carbons (Fsp3) is 0.0588. The third kappa shape index (κ3) is 5.01. The lowest BCUT2D eigenvalue weighted by atomic mass is 10.2. The van der Waals surface area contributed by atoms with Crippen LogP contribution < -0.4 is 10.2 Å². The van der Waals surface area contributed by atoms with Gasteiger partial charge in [0, 0.05) is 5.56 Å². The molecule has 0 fully saturated rings. The Hall–Kier alpha value is -1.99. The minimum atomic E-state index is -0.421. The zero-order valence-corrected chi connectivity index (χ0v) is 15.6. The third-order valence-corrected chi connectivity index (χ3v) is 4.03. The van der Waals surface area contributed by atoms with Crippen molar-refractivity contribution in [3.8, 4) is 5.75 Å². The van der Waals surface area contributed by atoms with Crippen LogP contribution in [-0.2, 0) is 0 Å². The molecule has 1 N–H and O–H groups in total. The van der Waals surface area contributed by atoms with E-state index in [1.165, 1.54) is 30.5 Å². The number of hydrogen-bond donors (Lipinski definition) is 1. The highest BCUT2D eigenvalue weighted by atomic mass is 79.9. The first kappa shape index (κ1) is 18.4. The molecule has 2 aromatic rings. The highest BCUT2D eigenvalue weighted by Crippen LogP contribution is 2.34. The van der Waals surface area contributed by atoms with Crippen molar-refractivity contribution >= 4 is 44.0 Å². The maximum absolute atomic E-state index is 12.8. The molecule has 0 aliphatic carbocycles. The van der Waals surface area contributed by atoms with Crippen molar-refractivity contribution in [1.82, 2.24) is 5.43 Å². The van der Waals surface area contributed by atoms with Crippen molar-refractivity contribution < 1.29 is 13.9 Å². The maximum Gasteiger partial charge on any atom is 0.271 e. The minimum absolute atomic E-state index is 0.323. The summed E-state index contributed by atoms with van der Waals surface area (Å²) in [7, 11) is 0. The van der Waals surface area contributed by atoms with Gasteiger partial charge in [0.25, 0.3) is 5.91 Å². The molecule has 1 amide bonds. The van der Waals surface area contributed by atoms with Crippen molar-refractivity contribution in [3.05, 3.63) is 74.9 Å². The van der Waals surface area contributed by atoms with Gasteiger partial charge in [0.05, 0.1) is 15.2 Å². The molecule has 0 heterocycles. The average Bonchev–Trinajstić information content (AvgIpc) is 2.54. The second-order valence-corrected chi connectivity index (χ2v) is 6.33. The summed E-state index contributed by atoms with van der Waals surface area (Å²) < 4.78 is 19.8. The van der Waals surface area contributed by atoms with Crippen molar-refractivity contribution in [1.29, 1.82) is 0 Å². The van der Waals surface area contributed by atoms with E-state index < -0.39 is 11.7 Å². The van der Waals surface area contributed by atoms with E-state index in [2.05, 4.69) is 49.0 Å². The quantitative estimate of drug-likeness (QED) is 0.390. The molecule has 0 atom stereocenters. The van der Waals surface area contributed by atoms with Crippen LogP contribution in [-0.4, -0.2) is 18.7 Å². The summed E-state index contributed by atoms with van der Waals surface area (Å²) in [5.41, 5.74) is 3.46. The number of hydrazone groups is 1. The van der Waals surface area contributed by atoms with E-state index in [9.17, 15) is 9.18 Å². The molecule has 0 aromatic heterocycles. The number of halogens is 3. The van der Waals surface area contributed by atoms with Gasteiger partial charge in [-0.25, -0.2) is 9.82 Å². The van der Waals surface area contributed by atoms with Crippen LogP contribution in [0.15, 0.2) is 63.1 Å². The van der Waals surface area contributed by atoms with Crippen LogP contribution in [0.2, 0.25) is 0 Å². The fourth-order valence-electron chi connectivity index (χ4n) is 1.77. The Kier molecular flexibility index (Phi) is 6.69. The van der Waals surface area contributed by atoms with Gasteiger partial charge in [0.15, 0.2) is 0 Å². The lowest BCUT2D eigenvalue weighted by Crippen LogP contribution is -2.17. The second kappa shape index (κ2) is 8.75. The molecule has 124 valence electrons. The summed E-state index contributed by atoms with van der Waals surface area (Å²) in [6.07, 6.45) is 3.15. The second-order valence-electron chi connectivity index (χ2n) is 4.62. The van der Waals surface area contributed by atoms with E-state index >= 15 is 0 Å². The van der Waals surface area contributed by atoms with Crippen LogP contribution in [0.5, 0.6) is 5.75 Å². The molecule has 0 radical (unpaired) electrons. The molecule has 2 aromatic carbocycles. The van der Waals surface area contributed by atoms with Crippen LogP contribution in [0.25, 0.3) is 0 Å². The van der Waals surface area contributed by atoms with E-state index in [-0.39, 0.29) is 0 Å². The number of rotatable bonds is 6. The Morgan fingerprint density at radius 3 is 2.46 bits per heavy atom. The maximum atomic E-state index is 12.8. The first-order valence-corrected chi connectivity index (χ1v) is 8.41. The van der Waals surface area contributed by atoms with E-state index in [1.807, 2.05) is 0 Å². The monoisotopic (exact) mass is 454 g/mol. The highest BCUT2D eigenvalue weighted by molar-refractivity contribution is 9.11. The van der Waals surface area contributed by atoms with Gasteiger partial charge in [-0.1, -0.05) is 12.7 Å². The molecule has 0 spiro atoms. The molecular weight excluding hydrogens is 443 g/mol. The first-order valence-electron chi connectivity index (χ1n) is 6.83. The number of nitrogens with zero attached hydrogens (tertiary/aromatic N) is 1. The Balaban J connectivity index is 2.05. The van der Waals surface area contributed by atoms with Crippen LogP contribution in [0.1, 0.15) is 15.9 Å². The molecule has 0 unspecified atom stereocenters. The normalized spacial score (nSPS) is 10.6. The summed E-state index contributed by atoms with van der Waals surface area (Å²) in [5.74, 6) is -0.166. The molecule has 0 aliphatic rings. The zero-order chi connectivity index (χ0) is 17.5. The standard InChI is InChI=1S/C17H13Br2FN2O2/c1-2-7-24-16-14(18)8-11(9-15(16)19)10-21-22-17(23)12-3-5-13(20)6-4-12/h2-6,8-10H,1,7H2,(H,22,23)/b21-10-. The van der Waals surface area contributed by atoms with Gasteiger partial charge < -0.3 is 4.74 Å².